The van der Waals surface area contributed by atoms with Crippen LogP contribution in [0.2, 0.25) is 0 Å². The molecule has 3 N–H and O–H groups in total. The van der Waals surface area contributed by atoms with E-state index < -0.39 is 11.7 Å². The highest BCUT2D eigenvalue weighted by Gasteiger charge is 2.30. The summed E-state index contributed by atoms with van der Waals surface area (Å²) in [7, 11) is 0. The van der Waals surface area contributed by atoms with Crippen LogP contribution in [0.5, 0.6) is 0 Å². The van der Waals surface area contributed by atoms with Crippen LogP contribution in [0.1, 0.15) is 31.9 Å². The number of rotatable bonds is 5. The highest BCUT2D eigenvalue weighted by atomic mass is 32.2. The Balaban J connectivity index is 2.70. The Morgan fingerprint density at radius 1 is 1.25 bits per heavy atom. The summed E-state index contributed by atoms with van der Waals surface area (Å²) in [6.07, 6.45) is -3.83. The van der Waals surface area contributed by atoms with Crippen LogP contribution in [0.15, 0.2) is 24.3 Å². The van der Waals surface area contributed by atoms with Crippen LogP contribution in [0.4, 0.5) is 13.2 Å². The van der Waals surface area contributed by atoms with Crippen LogP contribution in [-0.2, 0) is 12.6 Å². The van der Waals surface area contributed by atoms with Gasteiger partial charge in [-0.25, -0.2) is 0 Å². The number of halogens is 3. The third-order valence-corrected chi connectivity index (χ3v) is 4.12. The van der Waals surface area contributed by atoms with Crippen LogP contribution >= 0.6 is 11.8 Å². The summed E-state index contributed by atoms with van der Waals surface area (Å²) in [6, 6.07) is 5.34. The van der Waals surface area contributed by atoms with Gasteiger partial charge in [-0.15, -0.1) is 0 Å². The molecule has 0 aliphatic rings. The first kappa shape index (κ1) is 17.3. The average Bonchev–Trinajstić information content (AvgIpc) is 2.32. The lowest BCUT2D eigenvalue weighted by molar-refractivity contribution is -0.137. The first-order chi connectivity index (χ1) is 9.12. The molecule has 2 nitrogen and oxygen atoms in total. The molecule has 1 unspecified atom stereocenters. The van der Waals surface area contributed by atoms with Gasteiger partial charge in [-0.05, 0) is 18.1 Å². The molecule has 0 aromatic heterocycles. The van der Waals surface area contributed by atoms with Crippen LogP contribution in [0.25, 0.3) is 0 Å². The van der Waals surface area contributed by atoms with Gasteiger partial charge in [0.2, 0.25) is 0 Å². The zero-order valence-corrected chi connectivity index (χ0v) is 12.7. The predicted octanol–water partition coefficient (Wildman–Crippen LogP) is 3.61. The van der Waals surface area contributed by atoms with E-state index in [4.69, 9.17) is 5.84 Å². The molecule has 0 amide bonds. The number of nitrogens with one attached hydrogen (secondary N) is 1. The Morgan fingerprint density at radius 2 is 1.90 bits per heavy atom. The molecule has 20 heavy (non-hydrogen) atoms. The number of nitrogens with two attached hydrogens (primary N) is 1. The summed E-state index contributed by atoms with van der Waals surface area (Å²) in [6.45, 7) is 6.28. The van der Waals surface area contributed by atoms with Gasteiger partial charge in [-0.1, -0.05) is 39.0 Å². The molecule has 1 atom stereocenters. The van der Waals surface area contributed by atoms with Crippen molar-refractivity contribution >= 4 is 11.8 Å². The fourth-order valence-corrected chi connectivity index (χ4v) is 2.59. The third-order valence-electron chi connectivity index (χ3n) is 2.69. The highest BCUT2D eigenvalue weighted by Crippen LogP contribution is 2.30. The van der Waals surface area contributed by atoms with E-state index in [1.54, 1.807) is 17.8 Å². The molecule has 0 fully saturated rings. The van der Waals surface area contributed by atoms with Gasteiger partial charge in [0.05, 0.1) is 5.56 Å². The maximum absolute atomic E-state index is 12.6. The molecule has 0 saturated heterocycles. The van der Waals surface area contributed by atoms with Crippen molar-refractivity contribution in [3.05, 3.63) is 35.4 Å². The van der Waals surface area contributed by atoms with Gasteiger partial charge in [0.15, 0.2) is 0 Å². The van der Waals surface area contributed by atoms with E-state index in [0.29, 0.717) is 12.0 Å². The minimum atomic E-state index is -4.30. The van der Waals surface area contributed by atoms with E-state index in [0.717, 1.165) is 11.8 Å². The quantitative estimate of drug-likeness (QED) is 0.644. The lowest BCUT2D eigenvalue weighted by atomic mass is 10.0. The summed E-state index contributed by atoms with van der Waals surface area (Å²) >= 11 is 1.73. The standard InChI is InChI=1S/C14H21F3N2S/c1-13(2,3)20-9-12(19-18)8-10-5-4-6-11(7-10)14(15,16)17/h4-7,12,19H,8-9,18H2,1-3H3. The summed E-state index contributed by atoms with van der Waals surface area (Å²) in [4.78, 5) is 0. The molecule has 0 radical (unpaired) electrons. The van der Waals surface area contributed by atoms with Gasteiger partial charge in [-0.3, -0.25) is 11.3 Å². The third kappa shape index (κ3) is 6.15. The van der Waals surface area contributed by atoms with Crippen LogP contribution in [0, 0.1) is 0 Å². The van der Waals surface area contributed by atoms with Crippen molar-refractivity contribution < 1.29 is 13.2 Å². The molecule has 0 aliphatic carbocycles. The van der Waals surface area contributed by atoms with Crippen LogP contribution < -0.4 is 11.3 Å². The van der Waals surface area contributed by atoms with Crippen LogP contribution in [-0.4, -0.2) is 16.5 Å². The number of benzene rings is 1. The Morgan fingerprint density at radius 3 is 2.40 bits per heavy atom. The maximum Gasteiger partial charge on any atom is 0.416 e. The average molecular weight is 306 g/mol. The molecular weight excluding hydrogens is 285 g/mol. The Hall–Kier alpha value is -0.720. The fraction of sp³-hybridized carbons (Fsp3) is 0.571. The van der Waals surface area contributed by atoms with E-state index in [1.165, 1.54) is 12.1 Å². The number of hydrogen-bond acceptors (Lipinski definition) is 3. The Labute approximate surface area is 122 Å². The van der Waals surface area contributed by atoms with E-state index in [1.807, 2.05) is 0 Å². The largest absolute Gasteiger partial charge is 0.416 e. The monoisotopic (exact) mass is 306 g/mol. The minimum absolute atomic E-state index is 0.0530. The van der Waals surface area contributed by atoms with Gasteiger partial charge in [0, 0.05) is 16.5 Å². The molecule has 0 heterocycles. The second-order valence-electron chi connectivity index (χ2n) is 5.69. The summed E-state index contributed by atoms with van der Waals surface area (Å²) in [5.74, 6) is 6.23. The van der Waals surface area contributed by atoms with E-state index in [2.05, 4.69) is 26.2 Å². The van der Waals surface area contributed by atoms with Crippen molar-refractivity contribution in [2.45, 2.75) is 44.2 Å². The van der Waals surface area contributed by atoms with E-state index in [-0.39, 0.29) is 10.8 Å². The predicted molar refractivity (Wildman–Crippen MR) is 78.5 cm³/mol. The summed E-state index contributed by atoms with van der Waals surface area (Å²) < 4.78 is 38.0. The zero-order chi connectivity index (χ0) is 15.4. The topological polar surface area (TPSA) is 38.0 Å². The van der Waals surface area contributed by atoms with E-state index >= 15 is 0 Å². The van der Waals surface area contributed by atoms with Gasteiger partial charge >= 0.3 is 6.18 Å². The smallest absolute Gasteiger partial charge is 0.271 e. The van der Waals surface area contributed by atoms with Gasteiger partial charge in [-0.2, -0.15) is 24.9 Å². The number of hydrazine groups is 1. The van der Waals surface area contributed by atoms with Crippen molar-refractivity contribution in [2.24, 2.45) is 5.84 Å². The lowest BCUT2D eigenvalue weighted by Crippen LogP contribution is -2.39. The number of thioether (sulfide) groups is 1. The van der Waals surface area contributed by atoms with E-state index in [9.17, 15) is 13.2 Å². The molecule has 0 bridgehead atoms. The molecule has 114 valence electrons. The molecule has 0 spiro atoms. The Kier molecular flexibility index (Phi) is 5.91. The molecule has 0 saturated carbocycles. The maximum atomic E-state index is 12.6. The van der Waals surface area contributed by atoms with Crippen LogP contribution in [0.3, 0.4) is 0 Å². The van der Waals surface area contributed by atoms with Gasteiger partial charge < -0.3 is 0 Å². The fourth-order valence-electron chi connectivity index (χ4n) is 1.68. The lowest BCUT2D eigenvalue weighted by Gasteiger charge is -2.22. The molecule has 0 aliphatic heterocycles. The molecular formula is C14H21F3N2S. The normalized spacial score (nSPS) is 14.3. The minimum Gasteiger partial charge on any atom is -0.271 e. The number of hydrogen-bond donors (Lipinski definition) is 2. The highest BCUT2D eigenvalue weighted by molar-refractivity contribution is 8.00. The van der Waals surface area contributed by atoms with Crippen molar-refractivity contribution in [1.82, 2.24) is 5.43 Å². The van der Waals surface area contributed by atoms with Crippen molar-refractivity contribution in [3.8, 4) is 0 Å². The summed E-state index contributed by atoms with van der Waals surface area (Å²) in [5, 5.41) is 0. The van der Waals surface area contributed by atoms with Gasteiger partial charge in [0.1, 0.15) is 0 Å². The molecule has 6 heteroatoms. The molecule has 1 aromatic rings. The SMILES string of the molecule is CC(C)(C)SCC(Cc1cccc(C(F)(F)F)c1)NN. The van der Waals surface area contributed by atoms with Gasteiger partial charge in [0.25, 0.3) is 0 Å². The zero-order valence-electron chi connectivity index (χ0n) is 11.9. The van der Waals surface area contributed by atoms with Crippen molar-refractivity contribution in [2.75, 3.05) is 5.75 Å². The number of alkyl halides is 3. The first-order valence-electron chi connectivity index (χ1n) is 6.38. The summed E-state index contributed by atoms with van der Waals surface area (Å²) in [5.41, 5.74) is 2.70. The van der Waals surface area contributed by atoms with Crippen molar-refractivity contribution in [3.63, 3.8) is 0 Å². The van der Waals surface area contributed by atoms with Crippen molar-refractivity contribution in [1.29, 1.82) is 0 Å². The Bertz CT molecular complexity index is 427. The first-order valence-corrected chi connectivity index (χ1v) is 7.36. The second kappa shape index (κ2) is 6.83. The second-order valence-corrected chi connectivity index (χ2v) is 7.54. The molecule has 1 rings (SSSR count). The molecule has 1 aromatic carbocycles.